The van der Waals surface area contributed by atoms with E-state index in [1.807, 2.05) is 68.4 Å². The fourth-order valence-corrected chi connectivity index (χ4v) is 5.73. The molecular weight excluding hydrogens is 496 g/mol. The molecule has 4 rings (SSSR count). The molecule has 4 aromatic rings. The zero-order valence-corrected chi connectivity index (χ0v) is 22.6. The van der Waals surface area contributed by atoms with E-state index in [0.29, 0.717) is 12.1 Å². The molecule has 7 heteroatoms. The van der Waals surface area contributed by atoms with Crippen LogP contribution in [-0.4, -0.2) is 21.4 Å². The minimum Gasteiger partial charge on any atom is -0.497 e. The summed E-state index contributed by atoms with van der Waals surface area (Å²) in [6.07, 6.45) is 0.662. The highest BCUT2D eigenvalue weighted by atomic mass is 32.2. The second-order valence-electron chi connectivity index (χ2n) is 9.03. The Balaban J connectivity index is 1.73. The molecule has 0 aliphatic rings. The molecule has 1 atom stereocenters. The number of nitrogens with zero attached hydrogens (tertiary/aromatic N) is 1. The van der Waals surface area contributed by atoms with Gasteiger partial charge >= 0.3 is 0 Å². The maximum absolute atomic E-state index is 14.0. The molecule has 0 bridgehead atoms. The summed E-state index contributed by atoms with van der Waals surface area (Å²) in [6.45, 7) is 3.98. The van der Waals surface area contributed by atoms with Crippen LogP contribution in [0.25, 0.3) is 0 Å². The van der Waals surface area contributed by atoms with Gasteiger partial charge < -0.3 is 10.1 Å². The minimum atomic E-state index is -3.98. The number of carbonyl (C=O) groups is 1. The summed E-state index contributed by atoms with van der Waals surface area (Å²) >= 11 is 0. The van der Waals surface area contributed by atoms with E-state index < -0.39 is 10.0 Å². The fourth-order valence-electron chi connectivity index (χ4n) is 4.26. The molecule has 4 aromatic carbocycles. The van der Waals surface area contributed by atoms with Crippen LogP contribution in [0.15, 0.2) is 108 Å². The Bertz CT molecular complexity index is 1470. The van der Waals surface area contributed by atoms with Gasteiger partial charge in [0.25, 0.3) is 15.9 Å². The van der Waals surface area contributed by atoms with Gasteiger partial charge in [-0.15, -0.1) is 0 Å². The number of anilines is 1. The molecule has 0 radical (unpaired) electrons. The Morgan fingerprint density at radius 2 is 1.50 bits per heavy atom. The summed E-state index contributed by atoms with van der Waals surface area (Å²) in [5.74, 6) is 0.388. The first-order valence-corrected chi connectivity index (χ1v) is 13.9. The van der Waals surface area contributed by atoms with Gasteiger partial charge in [0.1, 0.15) is 5.75 Å². The lowest BCUT2D eigenvalue weighted by atomic mass is 10.0. The Morgan fingerprint density at radius 1 is 0.868 bits per heavy atom. The summed E-state index contributed by atoms with van der Waals surface area (Å²) in [7, 11) is -2.37. The van der Waals surface area contributed by atoms with Crippen molar-refractivity contribution in [3.05, 3.63) is 125 Å². The van der Waals surface area contributed by atoms with Crippen LogP contribution in [0.1, 0.15) is 46.4 Å². The van der Waals surface area contributed by atoms with Crippen molar-refractivity contribution in [1.29, 1.82) is 0 Å². The summed E-state index contributed by atoms with van der Waals surface area (Å²) < 4.78 is 34.5. The Hall–Kier alpha value is -4.10. The Labute approximate surface area is 225 Å². The molecule has 0 unspecified atom stereocenters. The fraction of sp³-hybridized carbons (Fsp3) is 0.194. The molecule has 0 fully saturated rings. The number of aryl methyl sites for hydroxylation is 1. The van der Waals surface area contributed by atoms with Crippen molar-refractivity contribution in [3.63, 3.8) is 0 Å². The van der Waals surface area contributed by atoms with Crippen LogP contribution in [0.5, 0.6) is 5.75 Å². The number of amides is 1. The Morgan fingerprint density at radius 3 is 2.13 bits per heavy atom. The van der Waals surface area contributed by atoms with Crippen molar-refractivity contribution in [2.75, 3.05) is 11.4 Å². The predicted molar refractivity (Wildman–Crippen MR) is 151 cm³/mol. The molecule has 0 spiro atoms. The maximum atomic E-state index is 14.0. The van der Waals surface area contributed by atoms with Crippen molar-refractivity contribution in [2.24, 2.45) is 0 Å². The van der Waals surface area contributed by atoms with Gasteiger partial charge in [-0.3, -0.25) is 9.10 Å². The van der Waals surface area contributed by atoms with Gasteiger partial charge in [0.2, 0.25) is 0 Å². The highest BCUT2D eigenvalue weighted by molar-refractivity contribution is 7.92. The number of carbonyl (C=O) groups excluding carboxylic acids is 1. The normalized spacial score (nSPS) is 12.0. The van der Waals surface area contributed by atoms with Crippen molar-refractivity contribution in [1.82, 2.24) is 5.32 Å². The van der Waals surface area contributed by atoms with E-state index in [0.717, 1.165) is 22.4 Å². The molecular formula is C31H32N2O4S. The van der Waals surface area contributed by atoms with Gasteiger partial charge in [0.05, 0.1) is 35.8 Å². The molecule has 1 N–H and O–H groups in total. The number of hydrogen-bond donors (Lipinski definition) is 1. The topological polar surface area (TPSA) is 75.7 Å². The molecule has 196 valence electrons. The smallest absolute Gasteiger partial charge is 0.264 e. The van der Waals surface area contributed by atoms with E-state index in [9.17, 15) is 13.2 Å². The van der Waals surface area contributed by atoms with E-state index in [1.54, 1.807) is 55.6 Å². The number of para-hydroxylation sites is 1. The van der Waals surface area contributed by atoms with Crippen molar-refractivity contribution < 1.29 is 17.9 Å². The number of rotatable bonds is 10. The van der Waals surface area contributed by atoms with Crippen LogP contribution in [0.4, 0.5) is 5.69 Å². The lowest BCUT2D eigenvalue weighted by Crippen LogP contribution is -2.34. The van der Waals surface area contributed by atoms with Gasteiger partial charge in [-0.25, -0.2) is 8.42 Å². The standard InChI is InChI=1S/C31H32N2O4S/c1-4-29(25-16-18-26(37-3)19-17-25)32-31(34)28-12-8-9-13-30(28)33(22-24-10-6-5-7-11-24)38(35,36)27-20-14-23(2)15-21-27/h5-21,29H,4,22H2,1-3H3,(H,32,34)/t29-/m0/s1. The number of methoxy groups -OCH3 is 1. The van der Waals surface area contributed by atoms with Gasteiger partial charge in [0.15, 0.2) is 0 Å². The third-order valence-electron chi connectivity index (χ3n) is 6.43. The maximum Gasteiger partial charge on any atom is 0.264 e. The molecule has 0 saturated carbocycles. The van der Waals surface area contributed by atoms with Crippen molar-refractivity contribution in [2.45, 2.75) is 37.8 Å². The molecule has 0 heterocycles. The van der Waals surface area contributed by atoms with Crippen LogP contribution in [0.2, 0.25) is 0 Å². The average molecular weight is 529 g/mol. The van der Waals surface area contributed by atoms with Crippen LogP contribution >= 0.6 is 0 Å². The highest BCUT2D eigenvalue weighted by Gasteiger charge is 2.29. The van der Waals surface area contributed by atoms with Crippen molar-refractivity contribution >= 4 is 21.6 Å². The average Bonchev–Trinajstić information content (AvgIpc) is 2.95. The quantitative estimate of drug-likeness (QED) is 0.263. The van der Waals surface area contributed by atoms with E-state index in [2.05, 4.69) is 5.32 Å². The first-order valence-electron chi connectivity index (χ1n) is 12.5. The monoisotopic (exact) mass is 528 g/mol. The molecule has 1 amide bonds. The molecule has 0 aromatic heterocycles. The predicted octanol–water partition coefficient (Wildman–Crippen LogP) is 6.28. The molecule has 0 aliphatic heterocycles. The summed E-state index contributed by atoms with van der Waals surface area (Å²) in [6, 6.07) is 30.2. The minimum absolute atomic E-state index is 0.0804. The number of nitrogens with one attached hydrogen (secondary N) is 1. The summed E-state index contributed by atoms with van der Waals surface area (Å²) in [4.78, 5) is 13.8. The number of benzene rings is 4. The van der Waals surface area contributed by atoms with E-state index in [1.165, 1.54) is 4.31 Å². The SMILES string of the molecule is CC[C@H](NC(=O)c1ccccc1N(Cc1ccccc1)S(=O)(=O)c1ccc(C)cc1)c1ccc(OC)cc1. The van der Waals surface area contributed by atoms with Crippen LogP contribution < -0.4 is 14.4 Å². The second-order valence-corrected chi connectivity index (χ2v) is 10.9. The molecule has 6 nitrogen and oxygen atoms in total. The van der Waals surface area contributed by atoms with E-state index in [4.69, 9.17) is 4.74 Å². The summed E-state index contributed by atoms with van der Waals surface area (Å²) in [5.41, 5.74) is 3.31. The first kappa shape index (κ1) is 26.9. The van der Waals surface area contributed by atoms with E-state index >= 15 is 0 Å². The number of hydrogen-bond acceptors (Lipinski definition) is 4. The lowest BCUT2D eigenvalue weighted by Gasteiger charge is -2.27. The van der Waals surface area contributed by atoms with Gasteiger partial charge in [0, 0.05) is 0 Å². The first-order chi connectivity index (χ1) is 18.3. The Kier molecular flexibility index (Phi) is 8.48. The van der Waals surface area contributed by atoms with Crippen LogP contribution in [-0.2, 0) is 16.6 Å². The van der Waals surface area contributed by atoms with Gasteiger partial charge in [-0.05, 0) is 60.9 Å². The van der Waals surface area contributed by atoms with E-state index in [-0.39, 0.29) is 29.0 Å². The zero-order valence-electron chi connectivity index (χ0n) is 21.8. The summed E-state index contributed by atoms with van der Waals surface area (Å²) in [5, 5.41) is 3.09. The van der Waals surface area contributed by atoms with Crippen LogP contribution in [0.3, 0.4) is 0 Å². The van der Waals surface area contributed by atoms with Crippen LogP contribution in [0, 0.1) is 6.92 Å². The highest BCUT2D eigenvalue weighted by Crippen LogP contribution is 2.30. The lowest BCUT2D eigenvalue weighted by molar-refractivity contribution is 0.0936. The number of ether oxygens (including phenoxy) is 1. The van der Waals surface area contributed by atoms with Crippen molar-refractivity contribution in [3.8, 4) is 5.75 Å². The van der Waals surface area contributed by atoms with Gasteiger partial charge in [-0.1, -0.05) is 79.2 Å². The molecule has 38 heavy (non-hydrogen) atoms. The number of sulfonamides is 1. The largest absolute Gasteiger partial charge is 0.497 e. The van der Waals surface area contributed by atoms with Gasteiger partial charge in [-0.2, -0.15) is 0 Å². The third-order valence-corrected chi connectivity index (χ3v) is 8.20. The molecule has 0 saturated heterocycles. The molecule has 0 aliphatic carbocycles. The third kappa shape index (κ3) is 6.06. The second kappa shape index (κ2) is 12.0. The zero-order chi connectivity index (χ0) is 27.1.